The van der Waals surface area contributed by atoms with Crippen molar-refractivity contribution in [2.45, 2.75) is 47.1 Å². The van der Waals surface area contributed by atoms with E-state index in [1.807, 2.05) is 55.2 Å². The lowest BCUT2D eigenvalue weighted by molar-refractivity contribution is -0.136. The number of anilines is 1. The largest absolute Gasteiger partial charge is 0.367 e. The monoisotopic (exact) mass is 522 g/mol. The Hall–Kier alpha value is -4.18. The fraction of sp³-hybridized carbons (Fsp3) is 0.375. The van der Waals surface area contributed by atoms with E-state index in [1.165, 1.54) is 0 Å². The molecule has 3 aliphatic rings. The molecule has 0 saturated carbocycles. The summed E-state index contributed by atoms with van der Waals surface area (Å²) in [4.78, 5) is 28.6. The Morgan fingerprint density at radius 2 is 2.13 bits per heavy atom. The van der Waals surface area contributed by atoms with Crippen molar-refractivity contribution in [1.29, 1.82) is 5.26 Å². The number of nitriles is 1. The number of piperazine rings is 1. The minimum Gasteiger partial charge on any atom is -0.367 e. The molecule has 1 unspecified atom stereocenters. The normalized spacial score (nSPS) is 23.8. The highest BCUT2D eigenvalue weighted by Gasteiger charge is 2.36. The van der Waals surface area contributed by atoms with Gasteiger partial charge in [0.15, 0.2) is 0 Å². The van der Waals surface area contributed by atoms with Gasteiger partial charge in [0.05, 0.1) is 23.1 Å². The molecule has 7 heteroatoms. The number of carbonyl (C=O) groups excluding carboxylic acids is 1. The second kappa shape index (κ2) is 12.1. The van der Waals surface area contributed by atoms with Crippen LogP contribution in [-0.4, -0.2) is 52.1 Å². The van der Waals surface area contributed by atoms with E-state index in [0.29, 0.717) is 18.7 Å². The van der Waals surface area contributed by atoms with Crippen LogP contribution in [0.5, 0.6) is 0 Å². The summed E-state index contributed by atoms with van der Waals surface area (Å²) >= 11 is 0. The molecular weight excluding hydrogens is 484 g/mol. The summed E-state index contributed by atoms with van der Waals surface area (Å²) in [5, 5.41) is 9.74. The van der Waals surface area contributed by atoms with Crippen molar-refractivity contribution in [2.75, 3.05) is 24.5 Å². The van der Waals surface area contributed by atoms with Crippen LogP contribution in [0.2, 0.25) is 0 Å². The van der Waals surface area contributed by atoms with Crippen molar-refractivity contribution in [2.24, 2.45) is 16.8 Å². The summed E-state index contributed by atoms with van der Waals surface area (Å²) < 4.78 is 0. The zero-order valence-electron chi connectivity index (χ0n) is 23.6. The molecule has 202 valence electrons. The van der Waals surface area contributed by atoms with E-state index in [0.717, 1.165) is 47.0 Å². The number of allylic oxidation sites excluding steroid dienone is 8. The van der Waals surface area contributed by atoms with Crippen LogP contribution >= 0.6 is 0 Å². The van der Waals surface area contributed by atoms with Crippen molar-refractivity contribution >= 4 is 17.4 Å². The molecule has 0 bridgehead atoms. The second-order valence-corrected chi connectivity index (χ2v) is 10.4. The van der Waals surface area contributed by atoms with E-state index in [2.05, 4.69) is 60.5 Å². The van der Waals surface area contributed by atoms with Crippen LogP contribution in [-0.2, 0) is 4.79 Å². The standard InChI is InChI=1S/C32H38N6O/c1-7-26-13-11-12-25(19-33)18-27(26)28-21-38(29-14-9-10-15-35-29)31(30(28)34-8-2)24(6)37-17-16-36(20-23(37)5)32(39)22(3)4/h8-15,18,21-23,26H,2,7,16-17,20H2,1,3-6H3/b31-24-,34-30?/t23-,26?/m0/s1. The Bertz CT molecular complexity index is 1340. The van der Waals surface area contributed by atoms with Gasteiger partial charge in [-0.25, -0.2) is 4.98 Å². The summed E-state index contributed by atoms with van der Waals surface area (Å²) in [5.74, 6) is 1.09. The summed E-state index contributed by atoms with van der Waals surface area (Å²) in [6.45, 7) is 16.3. The lowest BCUT2D eigenvalue weighted by Crippen LogP contribution is -2.54. The highest BCUT2D eigenvalue weighted by atomic mass is 16.2. The van der Waals surface area contributed by atoms with Crippen LogP contribution in [0.1, 0.15) is 41.0 Å². The van der Waals surface area contributed by atoms with E-state index in [9.17, 15) is 10.1 Å². The van der Waals surface area contributed by atoms with Crippen molar-refractivity contribution < 1.29 is 4.79 Å². The average Bonchev–Trinajstić information content (AvgIpc) is 3.18. The van der Waals surface area contributed by atoms with E-state index in [1.54, 1.807) is 12.4 Å². The van der Waals surface area contributed by atoms with Gasteiger partial charge < -0.3 is 9.80 Å². The average molecular weight is 523 g/mol. The SMILES string of the molecule is C=CN=C1C(C2=CC(C#N)=CC=CC2CC)=CN(c2ccccn2)/C1=C(/C)N1CCN(C(=O)C(C)C)C[C@@H]1C. The summed E-state index contributed by atoms with van der Waals surface area (Å²) in [6.07, 6.45) is 14.3. The number of amides is 1. The highest BCUT2D eigenvalue weighted by Crippen LogP contribution is 2.39. The van der Waals surface area contributed by atoms with E-state index >= 15 is 0 Å². The number of nitrogens with zero attached hydrogens (tertiary/aromatic N) is 6. The fourth-order valence-electron chi connectivity index (χ4n) is 5.53. The Kier molecular flexibility index (Phi) is 8.65. The number of hydrogen-bond donors (Lipinski definition) is 0. The van der Waals surface area contributed by atoms with Crippen molar-refractivity contribution in [3.8, 4) is 6.07 Å². The molecule has 0 N–H and O–H groups in total. The summed E-state index contributed by atoms with van der Waals surface area (Å²) in [7, 11) is 0. The van der Waals surface area contributed by atoms with Gasteiger partial charge in [0.1, 0.15) is 5.82 Å². The molecule has 1 fully saturated rings. The van der Waals surface area contributed by atoms with Crippen LogP contribution in [0.15, 0.2) is 101 Å². The third-order valence-corrected chi connectivity index (χ3v) is 7.51. The molecule has 0 spiro atoms. The number of hydrogen-bond acceptors (Lipinski definition) is 6. The Balaban J connectivity index is 1.84. The molecule has 1 aromatic rings. The molecule has 4 rings (SSSR count). The number of carbonyl (C=O) groups is 1. The van der Waals surface area contributed by atoms with Crippen molar-refractivity contribution in [3.05, 3.63) is 95.8 Å². The first kappa shape index (κ1) is 27.8. The van der Waals surface area contributed by atoms with Gasteiger partial charge in [-0.3, -0.25) is 14.7 Å². The molecule has 1 aromatic heterocycles. The molecule has 39 heavy (non-hydrogen) atoms. The maximum Gasteiger partial charge on any atom is 0.225 e. The first-order valence-corrected chi connectivity index (χ1v) is 13.7. The number of aromatic nitrogens is 1. The van der Waals surface area contributed by atoms with Crippen LogP contribution in [0, 0.1) is 23.2 Å². The molecule has 0 aromatic carbocycles. The van der Waals surface area contributed by atoms with Crippen molar-refractivity contribution in [1.82, 2.24) is 14.8 Å². The molecule has 2 aliphatic heterocycles. The smallest absolute Gasteiger partial charge is 0.225 e. The Labute approximate surface area is 232 Å². The minimum atomic E-state index is -0.0171. The van der Waals surface area contributed by atoms with Gasteiger partial charge in [0.25, 0.3) is 0 Å². The maximum atomic E-state index is 12.7. The lowest BCUT2D eigenvalue weighted by Gasteiger charge is -2.43. The van der Waals surface area contributed by atoms with Gasteiger partial charge in [0.2, 0.25) is 5.91 Å². The zero-order chi connectivity index (χ0) is 28.1. The van der Waals surface area contributed by atoms with E-state index < -0.39 is 0 Å². The van der Waals surface area contributed by atoms with Gasteiger partial charge in [-0.2, -0.15) is 5.26 Å². The number of aliphatic imine (C=N–C) groups is 1. The number of pyridine rings is 1. The minimum absolute atomic E-state index is 0.0171. The molecule has 0 radical (unpaired) electrons. The molecule has 1 aliphatic carbocycles. The molecule has 3 heterocycles. The maximum absolute atomic E-state index is 12.7. The first-order valence-electron chi connectivity index (χ1n) is 13.7. The Morgan fingerprint density at radius 3 is 2.74 bits per heavy atom. The predicted octanol–water partition coefficient (Wildman–Crippen LogP) is 5.76. The fourth-order valence-corrected chi connectivity index (χ4v) is 5.53. The van der Waals surface area contributed by atoms with Crippen LogP contribution < -0.4 is 4.90 Å². The zero-order valence-corrected chi connectivity index (χ0v) is 23.6. The van der Waals surface area contributed by atoms with Gasteiger partial charge in [-0.05, 0) is 50.1 Å². The third kappa shape index (κ3) is 5.65. The second-order valence-electron chi connectivity index (χ2n) is 10.4. The third-order valence-electron chi connectivity index (χ3n) is 7.51. The van der Waals surface area contributed by atoms with E-state index in [-0.39, 0.29) is 23.8 Å². The lowest BCUT2D eigenvalue weighted by atomic mass is 9.87. The van der Waals surface area contributed by atoms with Gasteiger partial charge in [-0.15, -0.1) is 0 Å². The van der Waals surface area contributed by atoms with Crippen LogP contribution in [0.25, 0.3) is 0 Å². The molecule has 2 atom stereocenters. The number of rotatable bonds is 6. The van der Waals surface area contributed by atoms with Gasteiger partial charge in [-0.1, -0.05) is 45.6 Å². The summed E-state index contributed by atoms with van der Waals surface area (Å²) in [6, 6.07) is 8.31. The van der Waals surface area contributed by atoms with Gasteiger partial charge in [0, 0.05) is 67.4 Å². The highest BCUT2D eigenvalue weighted by molar-refractivity contribution is 6.21. The topological polar surface area (TPSA) is 75.8 Å². The predicted molar refractivity (Wildman–Crippen MR) is 157 cm³/mol. The molecular formula is C32H38N6O. The van der Waals surface area contributed by atoms with Gasteiger partial charge >= 0.3 is 0 Å². The first-order chi connectivity index (χ1) is 18.8. The molecule has 1 saturated heterocycles. The Morgan fingerprint density at radius 1 is 1.33 bits per heavy atom. The molecule has 1 amide bonds. The van der Waals surface area contributed by atoms with Crippen LogP contribution in [0.4, 0.5) is 5.82 Å². The van der Waals surface area contributed by atoms with Crippen LogP contribution in [0.3, 0.4) is 0 Å². The quantitative estimate of drug-likeness (QED) is 0.475. The summed E-state index contributed by atoms with van der Waals surface area (Å²) in [5.41, 5.74) is 5.41. The van der Waals surface area contributed by atoms with E-state index in [4.69, 9.17) is 4.99 Å². The van der Waals surface area contributed by atoms with Crippen molar-refractivity contribution in [3.63, 3.8) is 0 Å². The molecule has 7 nitrogen and oxygen atoms in total.